The van der Waals surface area contributed by atoms with Gasteiger partial charge in [-0.2, -0.15) is 0 Å². The smallest absolute Gasteiger partial charge is 0.141 e. The van der Waals surface area contributed by atoms with Gasteiger partial charge in [-0.3, -0.25) is 0 Å². The van der Waals surface area contributed by atoms with Gasteiger partial charge in [0.15, 0.2) is 0 Å². The second-order valence-electron chi connectivity index (χ2n) is 4.90. The number of para-hydroxylation sites is 1. The Hall–Kier alpha value is -0.590. The predicted octanol–water partition coefficient (Wildman–Crippen LogP) is 5.91. The average molecular weight is 460 g/mol. The van der Waals surface area contributed by atoms with Crippen molar-refractivity contribution >= 4 is 38.5 Å². The van der Waals surface area contributed by atoms with Crippen molar-refractivity contribution < 1.29 is 4.74 Å². The molecule has 0 saturated carbocycles. The maximum atomic E-state index is 5.98. The van der Waals surface area contributed by atoms with Gasteiger partial charge in [0.2, 0.25) is 0 Å². The van der Waals surface area contributed by atoms with Gasteiger partial charge in [-0.15, -0.1) is 0 Å². The molecular formula is C17H19BrINO. The monoisotopic (exact) mass is 459 g/mol. The molecule has 2 aromatic rings. The normalized spacial score (nSPS) is 12.2. The standard InChI is InChI=1S/C17H19BrINO/c1-3-10-20-12(2)13-8-9-16(14(18)11-13)21-17-7-5-4-6-15(17)19/h4-9,11-12,20H,3,10H2,1-2H3. The summed E-state index contributed by atoms with van der Waals surface area (Å²) in [5.41, 5.74) is 1.26. The zero-order valence-corrected chi connectivity index (χ0v) is 15.9. The van der Waals surface area contributed by atoms with Crippen molar-refractivity contribution in [2.75, 3.05) is 6.54 Å². The van der Waals surface area contributed by atoms with Crippen molar-refractivity contribution in [3.05, 3.63) is 56.1 Å². The van der Waals surface area contributed by atoms with Crippen LogP contribution < -0.4 is 10.1 Å². The van der Waals surface area contributed by atoms with Crippen LogP contribution in [0.3, 0.4) is 0 Å². The SMILES string of the molecule is CCCNC(C)c1ccc(Oc2ccccc2I)c(Br)c1. The van der Waals surface area contributed by atoms with Gasteiger partial charge >= 0.3 is 0 Å². The molecule has 2 nitrogen and oxygen atoms in total. The van der Waals surface area contributed by atoms with E-state index < -0.39 is 0 Å². The first-order valence-electron chi connectivity index (χ1n) is 7.07. The first-order valence-corrected chi connectivity index (χ1v) is 8.94. The van der Waals surface area contributed by atoms with Crippen molar-refractivity contribution in [1.82, 2.24) is 5.32 Å². The van der Waals surface area contributed by atoms with Crippen LogP contribution in [0, 0.1) is 3.57 Å². The zero-order valence-electron chi connectivity index (χ0n) is 12.2. The van der Waals surface area contributed by atoms with Crippen molar-refractivity contribution in [1.29, 1.82) is 0 Å². The molecule has 2 aromatic carbocycles. The Kier molecular flexibility index (Phi) is 6.51. The first-order chi connectivity index (χ1) is 10.1. The maximum Gasteiger partial charge on any atom is 0.141 e. The third-order valence-electron chi connectivity index (χ3n) is 3.21. The summed E-state index contributed by atoms with van der Waals surface area (Å²) in [4.78, 5) is 0. The van der Waals surface area contributed by atoms with E-state index in [4.69, 9.17) is 4.74 Å². The Labute approximate surface area is 148 Å². The van der Waals surface area contributed by atoms with E-state index in [-0.39, 0.29) is 0 Å². The van der Waals surface area contributed by atoms with Crippen molar-refractivity contribution in [3.8, 4) is 11.5 Å². The Bertz CT molecular complexity index is 603. The van der Waals surface area contributed by atoms with E-state index in [1.165, 1.54) is 5.56 Å². The molecule has 2 rings (SSSR count). The first kappa shape index (κ1) is 16.8. The Morgan fingerprint density at radius 1 is 1.19 bits per heavy atom. The highest BCUT2D eigenvalue weighted by Gasteiger charge is 2.09. The summed E-state index contributed by atoms with van der Waals surface area (Å²) in [6, 6.07) is 14.6. The van der Waals surface area contributed by atoms with Crippen molar-refractivity contribution in [2.24, 2.45) is 0 Å². The van der Waals surface area contributed by atoms with Crippen molar-refractivity contribution in [2.45, 2.75) is 26.3 Å². The largest absolute Gasteiger partial charge is 0.455 e. The molecule has 1 N–H and O–H groups in total. The number of benzene rings is 2. The molecule has 4 heteroatoms. The van der Waals surface area contributed by atoms with Gasteiger partial charge in [0.05, 0.1) is 8.04 Å². The van der Waals surface area contributed by atoms with E-state index in [1.807, 2.05) is 30.3 Å². The minimum Gasteiger partial charge on any atom is -0.455 e. The van der Waals surface area contributed by atoms with Gasteiger partial charge in [0.1, 0.15) is 11.5 Å². The molecule has 0 amide bonds. The fourth-order valence-corrected chi connectivity index (χ4v) is 2.97. The molecule has 0 saturated heterocycles. The second-order valence-corrected chi connectivity index (χ2v) is 6.91. The van der Waals surface area contributed by atoms with Crippen LogP contribution in [0.15, 0.2) is 46.9 Å². The van der Waals surface area contributed by atoms with Gasteiger partial charge < -0.3 is 10.1 Å². The highest BCUT2D eigenvalue weighted by molar-refractivity contribution is 14.1. The molecule has 1 unspecified atom stereocenters. The molecule has 21 heavy (non-hydrogen) atoms. The summed E-state index contributed by atoms with van der Waals surface area (Å²) in [7, 11) is 0. The van der Waals surface area contributed by atoms with Crippen LogP contribution >= 0.6 is 38.5 Å². The summed E-state index contributed by atoms with van der Waals surface area (Å²) in [6.07, 6.45) is 1.14. The zero-order chi connectivity index (χ0) is 15.2. The highest BCUT2D eigenvalue weighted by atomic mass is 127. The summed E-state index contributed by atoms with van der Waals surface area (Å²) in [5.74, 6) is 1.72. The minimum absolute atomic E-state index is 0.340. The Morgan fingerprint density at radius 3 is 2.62 bits per heavy atom. The van der Waals surface area contributed by atoms with Crippen LogP contribution in [0.5, 0.6) is 11.5 Å². The molecule has 112 valence electrons. The van der Waals surface area contributed by atoms with E-state index in [1.54, 1.807) is 0 Å². The quantitative estimate of drug-likeness (QED) is 0.542. The number of rotatable bonds is 6. The fourth-order valence-electron chi connectivity index (χ4n) is 1.99. The third kappa shape index (κ3) is 4.69. The van der Waals surface area contributed by atoms with Gasteiger partial charge in [0, 0.05) is 6.04 Å². The van der Waals surface area contributed by atoms with Crippen LogP contribution in [0.1, 0.15) is 31.9 Å². The van der Waals surface area contributed by atoms with Gasteiger partial charge in [0.25, 0.3) is 0 Å². The maximum absolute atomic E-state index is 5.98. The number of halogens is 2. The Morgan fingerprint density at radius 2 is 1.95 bits per heavy atom. The molecule has 0 aliphatic heterocycles. The summed E-state index contributed by atoms with van der Waals surface area (Å²) < 4.78 is 8.06. The third-order valence-corrected chi connectivity index (χ3v) is 4.72. The Balaban J connectivity index is 2.14. The van der Waals surface area contributed by atoms with Crippen LogP contribution in [-0.4, -0.2) is 6.54 Å². The molecule has 1 atom stereocenters. The number of hydrogen-bond donors (Lipinski definition) is 1. The number of nitrogens with one attached hydrogen (secondary N) is 1. The molecule has 0 bridgehead atoms. The lowest BCUT2D eigenvalue weighted by atomic mass is 10.1. The molecule has 0 spiro atoms. The average Bonchev–Trinajstić information content (AvgIpc) is 2.49. The molecule has 0 aliphatic carbocycles. The molecule has 0 aliphatic rings. The molecule has 0 radical (unpaired) electrons. The molecule has 0 fully saturated rings. The van der Waals surface area contributed by atoms with E-state index >= 15 is 0 Å². The fraction of sp³-hybridized carbons (Fsp3) is 0.294. The second kappa shape index (κ2) is 8.15. The van der Waals surface area contributed by atoms with E-state index in [0.29, 0.717) is 6.04 Å². The van der Waals surface area contributed by atoms with Crippen molar-refractivity contribution in [3.63, 3.8) is 0 Å². The summed E-state index contributed by atoms with van der Waals surface area (Å²) >= 11 is 5.89. The van der Waals surface area contributed by atoms with E-state index in [9.17, 15) is 0 Å². The van der Waals surface area contributed by atoms with Crippen LogP contribution in [0.2, 0.25) is 0 Å². The highest BCUT2D eigenvalue weighted by Crippen LogP contribution is 2.33. The molecule has 0 heterocycles. The van der Waals surface area contributed by atoms with E-state index in [2.05, 4.69) is 69.8 Å². The van der Waals surface area contributed by atoms with Gasteiger partial charge in [-0.25, -0.2) is 0 Å². The summed E-state index contributed by atoms with van der Waals surface area (Å²) in [6.45, 7) is 5.38. The number of hydrogen-bond acceptors (Lipinski definition) is 2. The predicted molar refractivity (Wildman–Crippen MR) is 100 cm³/mol. The van der Waals surface area contributed by atoms with Gasteiger partial charge in [-0.05, 0) is 88.2 Å². The molecular weight excluding hydrogens is 441 g/mol. The lowest BCUT2D eigenvalue weighted by Gasteiger charge is -2.16. The van der Waals surface area contributed by atoms with Crippen LogP contribution in [-0.2, 0) is 0 Å². The lowest BCUT2D eigenvalue weighted by Crippen LogP contribution is -2.19. The topological polar surface area (TPSA) is 21.3 Å². The van der Waals surface area contributed by atoms with E-state index in [0.717, 1.165) is 32.5 Å². The van der Waals surface area contributed by atoms with Crippen LogP contribution in [0.4, 0.5) is 0 Å². The number of ether oxygens (including phenoxy) is 1. The lowest BCUT2D eigenvalue weighted by molar-refractivity contribution is 0.475. The summed E-state index contributed by atoms with van der Waals surface area (Å²) in [5, 5.41) is 3.49. The molecule has 0 aromatic heterocycles. The minimum atomic E-state index is 0.340. The van der Waals surface area contributed by atoms with Gasteiger partial charge in [-0.1, -0.05) is 25.1 Å². The van der Waals surface area contributed by atoms with Crippen LogP contribution in [0.25, 0.3) is 0 Å².